The molecule has 0 radical (unpaired) electrons. The zero-order chi connectivity index (χ0) is 16.0. The van der Waals surface area contributed by atoms with Gasteiger partial charge >= 0.3 is 0 Å². The lowest BCUT2D eigenvalue weighted by Gasteiger charge is -2.01. The van der Waals surface area contributed by atoms with Gasteiger partial charge in [-0.05, 0) is 25.1 Å². The standard InChI is InChI=1S/C16H13ClN4OS/c1-10-12(9-13-15(22)20-8-7-18-16(20)23-13)14(17)21(19-10)11-5-3-2-4-6-11/h2-6,9H,7-8H2,1H3. The number of thiazole rings is 1. The smallest absolute Gasteiger partial charge is 0.270 e. The molecule has 116 valence electrons. The first-order valence-electron chi connectivity index (χ1n) is 7.21. The SMILES string of the molecule is Cc1nn(-c2ccccc2)c(Cl)c1C=c1sc2n(c1=O)CCN=2. The molecule has 1 aliphatic rings. The van der Waals surface area contributed by atoms with Crippen LogP contribution in [0.5, 0.6) is 0 Å². The second-order valence-corrected chi connectivity index (χ2v) is 6.64. The van der Waals surface area contributed by atoms with Gasteiger partial charge < -0.3 is 0 Å². The zero-order valence-corrected chi connectivity index (χ0v) is 13.9. The molecule has 0 amide bonds. The number of aryl methyl sites for hydroxylation is 1. The van der Waals surface area contributed by atoms with E-state index in [9.17, 15) is 4.79 Å². The van der Waals surface area contributed by atoms with Gasteiger partial charge in [0.1, 0.15) is 5.15 Å². The van der Waals surface area contributed by atoms with Crippen LogP contribution < -0.4 is 14.9 Å². The number of halogens is 1. The van der Waals surface area contributed by atoms with E-state index in [0.717, 1.165) is 21.7 Å². The summed E-state index contributed by atoms with van der Waals surface area (Å²) in [4.78, 5) is 17.5. The first-order valence-corrected chi connectivity index (χ1v) is 8.41. The number of hydrogen-bond donors (Lipinski definition) is 0. The third-order valence-corrected chi connectivity index (χ3v) is 5.19. The summed E-state index contributed by atoms with van der Waals surface area (Å²) in [6, 6.07) is 9.69. The second-order valence-electron chi connectivity index (χ2n) is 5.27. The Bertz CT molecular complexity index is 1060. The molecule has 23 heavy (non-hydrogen) atoms. The largest absolute Gasteiger partial charge is 0.282 e. The van der Waals surface area contributed by atoms with Gasteiger partial charge in [0.25, 0.3) is 5.56 Å². The van der Waals surface area contributed by atoms with Crippen molar-refractivity contribution in [1.82, 2.24) is 14.3 Å². The van der Waals surface area contributed by atoms with Crippen molar-refractivity contribution in [3.63, 3.8) is 0 Å². The van der Waals surface area contributed by atoms with Crippen molar-refractivity contribution < 1.29 is 0 Å². The van der Waals surface area contributed by atoms with Crippen LogP contribution in [0.25, 0.3) is 11.8 Å². The van der Waals surface area contributed by atoms with E-state index in [1.165, 1.54) is 11.3 Å². The molecular formula is C16H13ClN4OS. The summed E-state index contributed by atoms with van der Waals surface area (Å²) in [6.07, 6.45) is 1.82. The lowest BCUT2D eigenvalue weighted by Crippen LogP contribution is -2.29. The summed E-state index contributed by atoms with van der Waals surface area (Å²) < 4.78 is 4.04. The van der Waals surface area contributed by atoms with Gasteiger partial charge in [-0.3, -0.25) is 14.4 Å². The van der Waals surface area contributed by atoms with Crippen LogP contribution in [0.2, 0.25) is 5.15 Å². The van der Waals surface area contributed by atoms with E-state index < -0.39 is 0 Å². The topological polar surface area (TPSA) is 52.2 Å². The first-order chi connectivity index (χ1) is 11.1. The van der Waals surface area contributed by atoms with Crippen LogP contribution in [0, 0.1) is 6.92 Å². The van der Waals surface area contributed by atoms with Crippen molar-refractivity contribution in [2.45, 2.75) is 13.5 Å². The minimum atomic E-state index is -0.00539. The number of para-hydroxylation sites is 1. The molecule has 3 heterocycles. The highest BCUT2D eigenvalue weighted by Gasteiger charge is 2.15. The van der Waals surface area contributed by atoms with Crippen molar-refractivity contribution >= 4 is 29.0 Å². The lowest BCUT2D eigenvalue weighted by atomic mass is 10.2. The fraction of sp³-hybridized carbons (Fsp3) is 0.188. The van der Waals surface area contributed by atoms with Crippen LogP contribution in [-0.4, -0.2) is 20.9 Å². The number of nitrogens with zero attached hydrogens (tertiary/aromatic N) is 4. The Morgan fingerprint density at radius 1 is 1.30 bits per heavy atom. The molecule has 1 aliphatic heterocycles. The van der Waals surface area contributed by atoms with Crippen LogP contribution in [0.4, 0.5) is 0 Å². The predicted molar refractivity (Wildman–Crippen MR) is 91.1 cm³/mol. The fourth-order valence-electron chi connectivity index (χ4n) is 2.62. The molecule has 0 bridgehead atoms. The highest BCUT2D eigenvalue weighted by Crippen LogP contribution is 2.23. The summed E-state index contributed by atoms with van der Waals surface area (Å²) in [6.45, 7) is 3.24. The summed E-state index contributed by atoms with van der Waals surface area (Å²) in [7, 11) is 0. The van der Waals surface area contributed by atoms with Crippen molar-refractivity contribution in [3.8, 4) is 5.69 Å². The molecule has 0 atom stereocenters. The molecule has 2 aromatic heterocycles. The minimum Gasteiger partial charge on any atom is -0.282 e. The third kappa shape index (κ3) is 2.34. The summed E-state index contributed by atoms with van der Waals surface area (Å²) in [5.74, 6) is 0. The van der Waals surface area contributed by atoms with Crippen LogP contribution in [0.3, 0.4) is 0 Å². The van der Waals surface area contributed by atoms with Crippen LogP contribution in [0.15, 0.2) is 40.1 Å². The quantitative estimate of drug-likeness (QED) is 0.707. The molecular weight excluding hydrogens is 332 g/mol. The molecule has 0 unspecified atom stereocenters. The monoisotopic (exact) mass is 344 g/mol. The number of rotatable bonds is 2. The fourth-order valence-corrected chi connectivity index (χ4v) is 3.95. The van der Waals surface area contributed by atoms with Gasteiger partial charge in [-0.2, -0.15) is 5.10 Å². The molecule has 5 nitrogen and oxygen atoms in total. The first kappa shape index (κ1) is 14.4. The van der Waals surface area contributed by atoms with Gasteiger partial charge in [0.15, 0.2) is 4.80 Å². The van der Waals surface area contributed by atoms with E-state index in [4.69, 9.17) is 11.6 Å². The maximum Gasteiger partial charge on any atom is 0.270 e. The van der Waals surface area contributed by atoms with Gasteiger partial charge in [0.05, 0.1) is 22.5 Å². The molecule has 7 heteroatoms. The molecule has 0 N–H and O–H groups in total. The van der Waals surface area contributed by atoms with Crippen molar-refractivity contribution in [2.24, 2.45) is 4.99 Å². The van der Waals surface area contributed by atoms with Gasteiger partial charge in [-0.1, -0.05) is 41.1 Å². The molecule has 3 aromatic rings. The average Bonchev–Trinajstić information content (AvgIpc) is 3.21. The molecule has 0 spiro atoms. The third-order valence-electron chi connectivity index (χ3n) is 3.78. The normalized spacial score (nSPS) is 14.1. The highest BCUT2D eigenvalue weighted by atomic mass is 35.5. The van der Waals surface area contributed by atoms with Crippen molar-refractivity contribution in [2.75, 3.05) is 6.54 Å². The number of aromatic nitrogens is 3. The van der Waals surface area contributed by atoms with E-state index in [2.05, 4.69) is 10.1 Å². The number of fused-ring (bicyclic) bond motifs is 1. The summed E-state index contributed by atoms with van der Waals surface area (Å²) >= 11 is 7.90. The Kier molecular flexibility index (Phi) is 3.43. The predicted octanol–water partition coefficient (Wildman–Crippen LogP) is 1.52. The average molecular weight is 345 g/mol. The van der Waals surface area contributed by atoms with E-state index in [1.807, 2.05) is 43.3 Å². The maximum absolute atomic E-state index is 12.4. The maximum atomic E-state index is 12.4. The molecule has 0 aliphatic carbocycles. The van der Waals surface area contributed by atoms with E-state index >= 15 is 0 Å². The van der Waals surface area contributed by atoms with E-state index in [0.29, 0.717) is 22.8 Å². The van der Waals surface area contributed by atoms with E-state index in [1.54, 1.807) is 9.25 Å². The van der Waals surface area contributed by atoms with Gasteiger partial charge in [-0.15, -0.1) is 0 Å². The molecule has 0 saturated heterocycles. The highest BCUT2D eigenvalue weighted by molar-refractivity contribution is 7.07. The molecule has 1 aromatic carbocycles. The van der Waals surface area contributed by atoms with Crippen LogP contribution in [0.1, 0.15) is 11.3 Å². The lowest BCUT2D eigenvalue weighted by molar-refractivity contribution is 0.740. The summed E-state index contributed by atoms with van der Waals surface area (Å²) in [5.41, 5.74) is 2.44. The number of hydrogen-bond acceptors (Lipinski definition) is 4. The molecule has 4 rings (SSSR count). The number of benzene rings is 1. The Morgan fingerprint density at radius 2 is 2.09 bits per heavy atom. The van der Waals surface area contributed by atoms with Gasteiger partial charge in [-0.25, -0.2) is 4.68 Å². The van der Waals surface area contributed by atoms with Crippen LogP contribution >= 0.6 is 22.9 Å². The van der Waals surface area contributed by atoms with Crippen LogP contribution in [-0.2, 0) is 6.54 Å². The summed E-state index contributed by atoms with van der Waals surface area (Å²) in [5, 5.41) is 5.00. The molecule has 0 fully saturated rings. The Labute approximate surface area is 140 Å². The zero-order valence-electron chi connectivity index (χ0n) is 12.4. The van der Waals surface area contributed by atoms with Crippen molar-refractivity contribution in [3.05, 3.63) is 66.4 Å². The van der Waals surface area contributed by atoms with Crippen molar-refractivity contribution in [1.29, 1.82) is 0 Å². The second kappa shape index (κ2) is 5.47. The van der Waals surface area contributed by atoms with Gasteiger partial charge in [0, 0.05) is 12.1 Å². The Morgan fingerprint density at radius 3 is 2.83 bits per heavy atom. The molecule has 0 saturated carbocycles. The van der Waals surface area contributed by atoms with Gasteiger partial charge in [0.2, 0.25) is 0 Å². The minimum absolute atomic E-state index is 0.00539. The Hall–Kier alpha value is -2.18. The van der Waals surface area contributed by atoms with E-state index in [-0.39, 0.29) is 5.56 Å². The Balaban J connectivity index is 1.90.